The molecule has 0 aliphatic rings. The monoisotopic (exact) mass is 526 g/mol. The Hall–Kier alpha value is -3.32. The molecule has 3 aromatic rings. The SMILES string of the molecule is CCCCOc1ccc(C(=O)Nc2nnc(SCC(=O)Nc3ccc(OC(F)(F)F)cc3)s2)cc1. The van der Waals surface area contributed by atoms with Gasteiger partial charge in [-0.1, -0.05) is 36.4 Å². The van der Waals surface area contributed by atoms with Gasteiger partial charge in [0.15, 0.2) is 4.34 Å². The predicted molar refractivity (Wildman–Crippen MR) is 127 cm³/mol. The van der Waals surface area contributed by atoms with Crippen molar-refractivity contribution >= 4 is 45.7 Å². The molecule has 0 radical (unpaired) electrons. The highest BCUT2D eigenvalue weighted by Crippen LogP contribution is 2.27. The maximum Gasteiger partial charge on any atom is 0.573 e. The van der Waals surface area contributed by atoms with Crippen LogP contribution >= 0.6 is 23.1 Å². The van der Waals surface area contributed by atoms with Gasteiger partial charge in [-0.05, 0) is 55.0 Å². The maximum absolute atomic E-state index is 12.4. The van der Waals surface area contributed by atoms with E-state index in [1.807, 2.05) is 0 Å². The van der Waals surface area contributed by atoms with Crippen LogP contribution in [0.4, 0.5) is 24.0 Å². The van der Waals surface area contributed by atoms with Crippen molar-refractivity contribution in [3.05, 3.63) is 54.1 Å². The Kier molecular flexibility index (Phi) is 9.32. The van der Waals surface area contributed by atoms with E-state index < -0.39 is 6.36 Å². The molecule has 0 unspecified atom stereocenters. The van der Waals surface area contributed by atoms with Crippen LogP contribution in [0.15, 0.2) is 52.9 Å². The number of alkyl halides is 3. The molecular formula is C22H21F3N4O4S2. The zero-order chi connectivity index (χ0) is 25.3. The van der Waals surface area contributed by atoms with Gasteiger partial charge < -0.3 is 14.8 Å². The molecule has 0 atom stereocenters. The maximum atomic E-state index is 12.4. The lowest BCUT2D eigenvalue weighted by molar-refractivity contribution is -0.274. The first-order chi connectivity index (χ1) is 16.7. The molecule has 0 spiro atoms. The Morgan fingerprint density at radius 2 is 1.69 bits per heavy atom. The van der Waals surface area contributed by atoms with Crippen LogP contribution in [0.5, 0.6) is 11.5 Å². The van der Waals surface area contributed by atoms with E-state index in [4.69, 9.17) is 4.74 Å². The minimum atomic E-state index is -4.78. The molecule has 0 saturated carbocycles. The summed E-state index contributed by atoms with van der Waals surface area (Å²) < 4.78 is 46.4. The smallest absolute Gasteiger partial charge is 0.494 e. The second-order valence-electron chi connectivity index (χ2n) is 6.96. The highest BCUT2D eigenvalue weighted by Gasteiger charge is 2.31. The number of carbonyl (C=O) groups excluding carboxylic acids is 2. The van der Waals surface area contributed by atoms with E-state index in [9.17, 15) is 22.8 Å². The largest absolute Gasteiger partial charge is 0.573 e. The topological polar surface area (TPSA) is 102 Å². The fraction of sp³-hybridized carbons (Fsp3) is 0.273. The molecule has 2 aromatic carbocycles. The summed E-state index contributed by atoms with van der Waals surface area (Å²) in [6.07, 6.45) is -2.80. The molecule has 1 aromatic heterocycles. The second kappa shape index (κ2) is 12.4. The molecule has 1 heterocycles. The number of ether oxygens (including phenoxy) is 2. The minimum Gasteiger partial charge on any atom is -0.494 e. The minimum absolute atomic E-state index is 0.0110. The van der Waals surface area contributed by atoms with Gasteiger partial charge in [0, 0.05) is 11.3 Å². The van der Waals surface area contributed by atoms with E-state index in [0.717, 1.165) is 48.1 Å². The van der Waals surface area contributed by atoms with E-state index in [0.29, 0.717) is 27.9 Å². The summed E-state index contributed by atoms with van der Waals surface area (Å²) in [4.78, 5) is 24.5. The van der Waals surface area contributed by atoms with Crippen molar-refractivity contribution in [1.82, 2.24) is 10.2 Å². The van der Waals surface area contributed by atoms with Crippen molar-refractivity contribution in [3.8, 4) is 11.5 Å². The number of halogens is 3. The second-order valence-corrected chi connectivity index (χ2v) is 9.16. The van der Waals surface area contributed by atoms with Crippen LogP contribution in [0, 0.1) is 0 Å². The lowest BCUT2D eigenvalue weighted by atomic mass is 10.2. The standard InChI is InChI=1S/C22H21F3N4O4S2/c1-2-3-12-32-16-8-4-14(5-9-16)19(31)27-20-28-29-21(35-20)34-13-18(30)26-15-6-10-17(11-7-15)33-22(23,24)25/h4-11H,2-3,12-13H2,1H3,(H,26,30)(H,27,28,31). The molecular weight excluding hydrogens is 505 g/mol. The number of unbranched alkanes of at least 4 members (excludes halogenated alkanes) is 1. The number of thioether (sulfide) groups is 1. The number of nitrogens with zero attached hydrogens (tertiary/aromatic N) is 2. The number of aromatic nitrogens is 2. The summed E-state index contributed by atoms with van der Waals surface area (Å²) in [5.74, 6) is -0.448. The van der Waals surface area contributed by atoms with Gasteiger partial charge in [0.25, 0.3) is 5.91 Å². The van der Waals surface area contributed by atoms with Crippen LogP contribution in [0.3, 0.4) is 0 Å². The zero-order valence-electron chi connectivity index (χ0n) is 18.4. The van der Waals surface area contributed by atoms with Crippen LogP contribution in [0.2, 0.25) is 0 Å². The lowest BCUT2D eigenvalue weighted by Crippen LogP contribution is -2.17. The van der Waals surface area contributed by atoms with Gasteiger partial charge >= 0.3 is 6.36 Å². The van der Waals surface area contributed by atoms with Crippen molar-refractivity contribution in [2.24, 2.45) is 0 Å². The number of rotatable bonds is 11. The van der Waals surface area contributed by atoms with E-state index in [1.54, 1.807) is 24.3 Å². The van der Waals surface area contributed by atoms with Gasteiger partial charge in [0.1, 0.15) is 11.5 Å². The van der Waals surface area contributed by atoms with E-state index in [2.05, 4.69) is 32.5 Å². The van der Waals surface area contributed by atoms with Crippen molar-refractivity contribution in [1.29, 1.82) is 0 Å². The van der Waals surface area contributed by atoms with E-state index in [-0.39, 0.29) is 28.4 Å². The molecule has 0 aliphatic heterocycles. The molecule has 186 valence electrons. The third-order valence-electron chi connectivity index (χ3n) is 4.21. The third kappa shape index (κ3) is 9.09. The molecule has 2 N–H and O–H groups in total. The van der Waals surface area contributed by atoms with Crippen LogP contribution in [-0.4, -0.2) is 40.7 Å². The van der Waals surface area contributed by atoms with Gasteiger partial charge in [-0.2, -0.15) is 0 Å². The highest BCUT2D eigenvalue weighted by molar-refractivity contribution is 8.01. The summed E-state index contributed by atoms with van der Waals surface area (Å²) >= 11 is 2.21. The van der Waals surface area contributed by atoms with Gasteiger partial charge in [0.05, 0.1) is 12.4 Å². The van der Waals surface area contributed by atoms with Gasteiger partial charge in [0.2, 0.25) is 11.0 Å². The first kappa shape index (κ1) is 26.3. The molecule has 13 heteroatoms. The molecule has 0 saturated heterocycles. The normalized spacial score (nSPS) is 11.1. The van der Waals surface area contributed by atoms with Crippen LogP contribution in [0.25, 0.3) is 0 Å². The number of hydrogen-bond acceptors (Lipinski definition) is 8. The molecule has 3 rings (SSSR count). The Balaban J connectivity index is 1.44. The number of amides is 2. The lowest BCUT2D eigenvalue weighted by Gasteiger charge is -2.09. The fourth-order valence-corrected chi connectivity index (χ4v) is 4.14. The summed E-state index contributed by atoms with van der Waals surface area (Å²) in [6.45, 7) is 2.69. The number of carbonyl (C=O) groups is 2. The average molecular weight is 527 g/mol. The fourth-order valence-electron chi connectivity index (χ4n) is 2.59. The first-order valence-electron chi connectivity index (χ1n) is 10.4. The first-order valence-corrected chi connectivity index (χ1v) is 12.2. The van der Waals surface area contributed by atoms with Crippen molar-refractivity contribution in [3.63, 3.8) is 0 Å². The molecule has 0 aliphatic carbocycles. The van der Waals surface area contributed by atoms with Crippen LogP contribution in [0.1, 0.15) is 30.1 Å². The Morgan fingerprint density at radius 3 is 2.34 bits per heavy atom. The summed E-state index contributed by atoms with van der Waals surface area (Å²) in [7, 11) is 0. The number of anilines is 2. The quantitative estimate of drug-likeness (QED) is 0.191. The highest BCUT2D eigenvalue weighted by atomic mass is 32.2. The number of hydrogen-bond donors (Lipinski definition) is 2. The summed E-state index contributed by atoms with van der Waals surface area (Å²) in [6, 6.07) is 11.5. The van der Waals surface area contributed by atoms with Gasteiger partial charge in [-0.3, -0.25) is 14.9 Å². The molecule has 0 bridgehead atoms. The molecule has 0 fully saturated rings. The zero-order valence-corrected chi connectivity index (χ0v) is 20.1. The number of nitrogens with one attached hydrogen (secondary N) is 2. The van der Waals surface area contributed by atoms with Gasteiger partial charge in [-0.25, -0.2) is 0 Å². The van der Waals surface area contributed by atoms with Crippen molar-refractivity contribution < 1.29 is 32.2 Å². The Bertz CT molecular complexity index is 1120. The summed E-state index contributed by atoms with van der Waals surface area (Å²) in [5.41, 5.74) is 0.750. The predicted octanol–water partition coefficient (Wildman–Crippen LogP) is 5.60. The summed E-state index contributed by atoms with van der Waals surface area (Å²) in [5, 5.41) is 13.3. The molecule has 8 nitrogen and oxygen atoms in total. The number of benzene rings is 2. The van der Waals surface area contributed by atoms with Crippen molar-refractivity contribution in [2.75, 3.05) is 23.0 Å². The average Bonchev–Trinajstić information content (AvgIpc) is 3.26. The van der Waals surface area contributed by atoms with Crippen LogP contribution in [-0.2, 0) is 4.79 Å². The van der Waals surface area contributed by atoms with Crippen LogP contribution < -0.4 is 20.1 Å². The third-order valence-corrected chi connectivity index (χ3v) is 6.18. The Morgan fingerprint density at radius 1 is 1.00 bits per heavy atom. The van der Waals surface area contributed by atoms with Gasteiger partial charge in [-0.15, -0.1) is 23.4 Å². The Labute approximate surface area is 207 Å². The molecule has 35 heavy (non-hydrogen) atoms. The van der Waals surface area contributed by atoms with Crippen molar-refractivity contribution in [2.45, 2.75) is 30.5 Å². The van der Waals surface area contributed by atoms with E-state index >= 15 is 0 Å². The molecule has 2 amide bonds. The van der Waals surface area contributed by atoms with E-state index in [1.165, 1.54) is 12.1 Å².